The highest BCUT2D eigenvalue weighted by atomic mass is 35.5. The number of thiocarbonyl (C=S) groups is 1. The van der Waals surface area contributed by atoms with Crippen LogP contribution in [0.3, 0.4) is 0 Å². The summed E-state index contributed by atoms with van der Waals surface area (Å²) < 4.78 is 0. The zero-order chi connectivity index (χ0) is 8.20. The Balaban J connectivity index is 0. The second-order valence-electron chi connectivity index (χ2n) is 2.85. The smallest absolute Gasteiger partial charge is 0.254 e. The number of aliphatic hydroxyl groups excluding tert-OH is 1. The van der Waals surface area contributed by atoms with Crippen LogP contribution in [0.25, 0.3) is 0 Å². The molecular formula is C6H15ClN2OS. The number of hydrogen-bond donors (Lipinski definition) is 3. The quantitative estimate of drug-likeness (QED) is 0.592. The lowest BCUT2D eigenvalue weighted by Gasteiger charge is -2.24. The van der Waals surface area contributed by atoms with E-state index in [9.17, 15) is 0 Å². The second-order valence-corrected chi connectivity index (χ2v) is 3.24. The van der Waals surface area contributed by atoms with Gasteiger partial charge in [-0.15, -0.1) is 12.4 Å². The molecule has 0 spiro atoms. The summed E-state index contributed by atoms with van der Waals surface area (Å²) in [6.45, 7) is 4.45. The largest absolute Gasteiger partial charge is 0.487 e. The minimum atomic E-state index is -0.194. The van der Waals surface area contributed by atoms with Crippen LogP contribution in [0.15, 0.2) is 0 Å². The first-order chi connectivity index (χ1) is 4.48. The van der Waals surface area contributed by atoms with Crippen molar-refractivity contribution in [1.29, 1.82) is 0 Å². The fraction of sp³-hybridized carbons (Fsp3) is 0.833. The molecule has 11 heavy (non-hydrogen) atoms. The van der Waals surface area contributed by atoms with Crippen LogP contribution in [0.1, 0.15) is 20.3 Å². The molecule has 5 heteroatoms. The van der Waals surface area contributed by atoms with Crippen molar-refractivity contribution < 1.29 is 5.11 Å². The standard InChI is InChI=1S/C6H14N2OS.ClH/c1-6(2,3-4-7)8-5(9)10;/h3-4,7H2,1-2H3,(H2,8,9,10);1H. The molecule has 0 aromatic rings. The Morgan fingerprint density at radius 1 is 1.64 bits per heavy atom. The predicted molar refractivity (Wildman–Crippen MR) is 53.4 cm³/mol. The van der Waals surface area contributed by atoms with Crippen molar-refractivity contribution in [2.75, 3.05) is 6.54 Å². The van der Waals surface area contributed by atoms with Gasteiger partial charge in [0.1, 0.15) is 0 Å². The molecule has 0 bridgehead atoms. The third-order valence-corrected chi connectivity index (χ3v) is 1.32. The molecule has 0 aliphatic carbocycles. The first kappa shape index (κ1) is 13.5. The summed E-state index contributed by atoms with van der Waals surface area (Å²) in [6.07, 6.45) is 0.785. The van der Waals surface area contributed by atoms with Crippen molar-refractivity contribution in [3.8, 4) is 0 Å². The molecule has 0 fully saturated rings. The van der Waals surface area contributed by atoms with E-state index < -0.39 is 0 Å². The molecule has 0 aliphatic rings. The number of halogens is 1. The SMILES string of the molecule is CC(C)(CCN)NC(O)=S.Cl. The fourth-order valence-corrected chi connectivity index (χ4v) is 0.989. The first-order valence-corrected chi connectivity index (χ1v) is 3.60. The van der Waals surface area contributed by atoms with Crippen LogP contribution in [0, 0.1) is 0 Å². The molecule has 4 N–H and O–H groups in total. The van der Waals surface area contributed by atoms with Gasteiger partial charge in [0.25, 0.3) is 5.17 Å². The van der Waals surface area contributed by atoms with Crippen molar-refractivity contribution in [3.05, 3.63) is 0 Å². The minimum absolute atomic E-state index is 0. The van der Waals surface area contributed by atoms with Gasteiger partial charge in [0, 0.05) is 5.54 Å². The minimum Gasteiger partial charge on any atom is -0.487 e. The van der Waals surface area contributed by atoms with E-state index >= 15 is 0 Å². The number of rotatable bonds is 3. The van der Waals surface area contributed by atoms with Crippen molar-refractivity contribution in [2.24, 2.45) is 5.73 Å². The summed E-state index contributed by atoms with van der Waals surface area (Å²) in [5.41, 5.74) is 5.13. The van der Waals surface area contributed by atoms with Crippen molar-refractivity contribution >= 4 is 29.8 Å². The normalized spacial score (nSPS) is 10.1. The molecule has 0 saturated heterocycles. The topological polar surface area (TPSA) is 58.3 Å². The van der Waals surface area contributed by atoms with Crippen molar-refractivity contribution in [1.82, 2.24) is 5.32 Å². The van der Waals surface area contributed by atoms with E-state index in [2.05, 4.69) is 17.5 Å². The Labute approximate surface area is 78.8 Å². The maximum Gasteiger partial charge on any atom is 0.254 e. The number of aliphatic hydroxyl groups is 1. The van der Waals surface area contributed by atoms with Crippen molar-refractivity contribution in [2.45, 2.75) is 25.8 Å². The van der Waals surface area contributed by atoms with Gasteiger partial charge in [-0.05, 0) is 39.0 Å². The van der Waals surface area contributed by atoms with E-state index in [0.717, 1.165) is 6.42 Å². The van der Waals surface area contributed by atoms with Crippen LogP contribution in [0.4, 0.5) is 0 Å². The lowest BCUT2D eigenvalue weighted by molar-refractivity contribution is 0.394. The van der Waals surface area contributed by atoms with E-state index in [1.54, 1.807) is 0 Å². The van der Waals surface area contributed by atoms with Gasteiger partial charge in [-0.1, -0.05) is 0 Å². The zero-order valence-electron chi connectivity index (χ0n) is 6.76. The number of nitrogens with one attached hydrogen (secondary N) is 1. The average Bonchev–Trinajstić information content (AvgIpc) is 1.59. The molecule has 0 amide bonds. The summed E-state index contributed by atoms with van der Waals surface area (Å²) in [4.78, 5) is 0. The van der Waals surface area contributed by atoms with Gasteiger partial charge in [0.15, 0.2) is 0 Å². The van der Waals surface area contributed by atoms with Gasteiger partial charge in [-0.25, -0.2) is 0 Å². The fourth-order valence-electron chi connectivity index (χ4n) is 0.713. The molecule has 68 valence electrons. The summed E-state index contributed by atoms with van der Waals surface area (Å²) in [6, 6.07) is 0. The van der Waals surface area contributed by atoms with Crippen LogP contribution >= 0.6 is 24.6 Å². The molecule has 0 aromatic carbocycles. The second kappa shape index (κ2) is 5.57. The molecule has 0 unspecified atom stereocenters. The number of hydrogen-bond acceptors (Lipinski definition) is 2. The van der Waals surface area contributed by atoms with E-state index in [1.807, 2.05) is 13.8 Å². The Morgan fingerprint density at radius 2 is 2.09 bits per heavy atom. The molecule has 0 atom stereocenters. The van der Waals surface area contributed by atoms with Crippen LogP contribution in [0.2, 0.25) is 0 Å². The van der Waals surface area contributed by atoms with E-state index in [-0.39, 0.29) is 23.1 Å². The van der Waals surface area contributed by atoms with Gasteiger partial charge in [0.05, 0.1) is 0 Å². The third kappa shape index (κ3) is 7.84. The first-order valence-electron chi connectivity index (χ1n) is 3.19. The maximum atomic E-state index is 8.69. The number of nitrogens with two attached hydrogens (primary N) is 1. The van der Waals surface area contributed by atoms with E-state index in [1.165, 1.54) is 0 Å². The zero-order valence-corrected chi connectivity index (χ0v) is 8.39. The van der Waals surface area contributed by atoms with Gasteiger partial charge in [0.2, 0.25) is 0 Å². The molecule has 0 radical (unpaired) electrons. The summed E-state index contributed by atoms with van der Waals surface area (Å²) in [5.74, 6) is 0. The lowest BCUT2D eigenvalue weighted by atomic mass is 10.0. The molecule has 3 nitrogen and oxygen atoms in total. The Bertz CT molecular complexity index is 130. The molecule has 0 heterocycles. The molecule has 0 saturated carbocycles. The Kier molecular flexibility index (Phi) is 6.85. The van der Waals surface area contributed by atoms with Crippen LogP contribution < -0.4 is 11.1 Å². The molecule has 0 rings (SSSR count). The van der Waals surface area contributed by atoms with Gasteiger partial charge in [-0.2, -0.15) is 0 Å². The van der Waals surface area contributed by atoms with Crippen LogP contribution in [0.5, 0.6) is 0 Å². The van der Waals surface area contributed by atoms with Gasteiger partial charge >= 0.3 is 0 Å². The highest BCUT2D eigenvalue weighted by Gasteiger charge is 2.16. The molecule has 0 aliphatic heterocycles. The summed E-state index contributed by atoms with van der Waals surface area (Å²) in [7, 11) is 0. The Hall–Kier alpha value is -0.0600. The van der Waals surface area contributed by atoms with Crippen LogP contribution in [-0.2, 0) is 0 Å². The predicted octanol–water partition coefficient (Wildman–Crippen LogP) is 0.968. The van der Waals surface area contributed by atoms with Gasteiger partial charge < -0.3 is 16.2 Å². The molecule has 0 aromatic heterocycles. The average molecular weight is 199 g/mol. The van der Waals surface area contributed by atoms with Crippen LogP contribution in [-0.4, -0.2) is 22.4 Å². The monoisotopic (exact) mass is 198 g/mol. The highest BCUT2D eigenvalue weighted by molar-refractivity contribution is 7.79. The summed E-state index contributed by atoms with van der Waals surface area (Å²) in [5, 5.41) is 11.3. The summed E-state index contributed by atoms with van der Waals surface area (Å²) >= 11 is 4.46. The maximum absolute atomic E-state index is 8.69. The molecular weight excluding hydrogens is 184 g/mol. The van der Waals surface area contributed by atoms with E-state index in [4.69, 9.17) is 10.8 Å². The lowest BCUT2D eigenvalue weighted by Crippen LogP contribution is -2.43. The van der Waals surface area contributed by atoms with Gasteiger partial charge in [-0.3, -0.25) is 0 Å². The van der Waals surface area contributed by atoms with Crippen molar-refractivity contribution in [3.63, 3.8) is 0 Å². The Morgan fingerprint density at radius 3 is 2.36 bits per heavy atom. The van der Waals surface area contributed by atoms with E-state index in [0.29, 0.717) is 6.54 Å². The highest BCUT2D eigenvalue weighted by Crippen LogP contribution is 2.05. The third-order valence-electron chi connectivity index (χ3n) is 1.21.